The molecule has 0 spiro atoms. The van der Waals surface area contributed by atoms with Crippen LogP contribution in [0.3, 0.4) is 0 Å². The summed E-state index contributed by atoms with van der Waals surface area (Å²) in [5.41, 5.74) is 7.82. The Labute approximate surface area is 222 Å². The highest BCUT2D eigenvalue weighted by atomic mass is 35.5. The first-order chi connectivity index (χ1) is 17.2. The first-order valence-corrected chi connectivity index (χ1v) is 14.8. The standard InChI is InChI=1S/C28H33ClNO4PS/c1-2-15-28(30,17-18-35(31,32)33)16-7-10-23-13-14-26(20-27(23)29)36-25-12-6-11-24(19-25)34-21-22-8-4-3-5-9-22/h3-6,8-9,11-14,17-20H,2,7,10,15-16,21,30H2,1H3,(H2,31,32,33). The van der Waals surface area contributed by atoms with Crippen molar-refractivity contribution in [3.63, 3.8) is 0 Å². The van der Waals surface area contributed by atoms with Crippen molar-refractivity contribution in [1.82, 2.24) is 0 Å². The molecule has 1 unspecified atom stereocenters. The van der Waals surface area contributed by atoms with E-state index in [-0.39, 0.29) is 0 Å². The summed E-state index contributed by atoms with van der Waals surface area (Å²) in [6.45, 7) is 2.53. The second kappa shape index (κ2) is 13.5. The van der Waals surface area contributed by atoms with Gasteiger partial charge in [-0.05, 0) is 67.1 Å². The molecule has 3 aromatic carbocycles. The molecule has 0 aliphatic heterocycles. The van der Waals surface area contributed by atoms with E-state index in [4.69, 9.17) is 31.9 Å². The lowest BCUT2D eigenvalue weighted by atomic mass is 9.88. The van der Waals surface area contributed by atoms with Gasteiger partial charge in [0.15, 0.2) is 0 Å². The minimum Gasteiger partial charge on any atom is -0.489 e. The van der Waals surface area contributed by atoms with E-state index in [1.807, 2.05) is 73.7 Å². The van der Waals surface area contributed by atoms with E-state index in [1.54, 1.807) is 11.8 Å². The van der Waals surface area contributed by atoms with Crippen molar-refractivity contribution in [2.24, 2.45) is 5.73 Å². The lowest BCUT2D eigenvalue weighted by Gasteiger charge is -2.26. The highest BCUT2D eigenvalue weighted by Gasteiger charge is 2.22. The van der Waals surface area contributed by atoms with Gasteiger partial charge in [0, 0.05) is 26.2 Å². The summed E-state index contributed by atoms with van der Waals surface area (Å²) < 4.78 is 17.2. The lowest BCUT2D eigenvalue weighted by Crippen LogP contribution is -2.37. The Morgan fingerprint density at radius 1 is 1.03 bits per heavy atom. The molecule has 0 aliphatic carbocycles. The number of hydrogen-bond donors (Lipinski definition) is 3. The molecule has 5 nitrogen and oxygen atoms in total. The molecule has 0 radical (unpaired) electrons. The first-order valence-electron chi connectivity index (χ1n) is 11.9. The molecule has 0 saturated heterocycles. The summed E-state index contributed by atoms with van der Waals surface area (Å²) in [5, 5.41) is 0.695. The van der Waals surface area contributed by atoms with Crippen LogP contribution in [0.2, 0.25) is 5.02 Å². The SMILES string of the molecule is CCCC(N)(C=CP(=O)(O)O)CCCc1ccc(Sc2cccc(OCc3ccccc3)c2)cc1Cl. The molecule has 0 bridgehead atoms. The smallest absolute Gasteiger partial charge is 0.348 e. The minimum atomic E-state index is -4.23. The maximum Gasteiger partial charge on any atom is 0.348 e. The Morgan fingerprint density at radius 3 is 2.47 bits per heavy atom. The van der Waals surface area contributed by atoms with Crippen LogP contribution in [0.15, 0.2) is 94.5 Å². The second-order valence-electron chi connectivity index (χ2n) is 8.85. The molecule has 0 aromatic heterocycles. The van der Waals surface area contributed by atoms with Crippen LogP contribution in [0.5, 0.6) is 5.75 Å². The third-order valence-corrected chi connectivity index (χ3v) is 7.59. The highest BCUT2D eigenvalue weighted by Crippen LogP contribution is 2.38. The predicted molar refractivity (Wildman–Crippen MR) is 149 cm³/mol. The van der Waals surface area contributed by atoms with E-state index in [9.17, 15) is 4.57 Å². The van der Waals surface area contributed by atoms with E-state index in [2.05, 4.69) is 6.07 Å². The molecule has 36 heavy (non-hydrogen) atoms. The van der Waals surface area contributed by atoms with Gasteiger partial charge in [0.05, 0.1) is 0 Å². The van der Waals surface area contributed by atoms with Crippen molar-refractivity contribution in [3.8, 4) is 5.75 Å². The van der Waals surface area contributed by atoms with Gasteiger partial charge in [0.25, 0.3) is 0 Å². The number of rotatable bonds is 13. The van der Waals surface area contributed by atoms with Crippen LogP contribution in [-0.2, 0) is 17.6 Å². The van der Waals surface area contributed by atoms with Gasteiger partial charge in [-0.25, -0.2) is 0 Å². The van der Waals surface area contributed by atoms with Crippen molar-refractivity contribution >= 4 is 31.0 Å². The molecule has 3 aromatic rings. The van der Waals surface area contributed by atoms with E-state index in [0.29, 0.717) is 24.5 Å². The zero-order valence-corrected chi connectivity index (χ0v) is 22.8. The minimum absolute atomic E-state index is 0.521. The largest absolute Gasteiger partial charge is 0.489 e. The van der Waals surface area contributed by atoms with Crippen molar-refractivity contribution in [1.29, 1.82) is 0 Å². The third kappa shape index (κ3) is 9.78. The molecule has 3 rings (SSSR count). The number of nitrogens with two attached hydrogens (primary N) is 1. The fourth-order valence-corrected chi connectivity index (χ4v) is 5.65. The van der Waals surface area contributed by atoms with Crippen LogP contribution < -0.4 is 10.5 Å². The zero-order valence-electron chi connectivity index (χ0n) is 20.3. The Kier molecular flexibility index (Phi) is 10.7. The monoisotopic (exact) mass is 545 g/mol. The molecule has 0 fully saturated rings. The summed E-state index contributed by atoms with van der Waals surface area (Å²) in [4.78, 5) is 20.4. The van der Waals surface area contributed by atoms with Gasteiger partial charge in [0.1, 0.15) is 12.4 Å². The molecule has 0 heterocycles. The van der Waals surface area contributed by atoms with Crippen molar-refractivity contribution < 1.29 is 19.1 Å². The van der Waals surface area contributed by atoms with Gasteiger partial charge >= 0.3 is 7.60 Å². The van der Waals surface area contributed by atoms with Gasteiger partial charge in [-0.3, -0.25) is 4.57 Å². The van der Waals surface area contributed by atoms with Gasteiger partial charge in [-0.2, -0.15) is 0 Å². The fraction of sp³-hybridized carbons (Fsp3) is 0.286. The van der Waals surface area contributed by atoms with Gasteiger partial charge in [0.2, 0.25) is 0 Å². The molecule has 0 aliphatic rings. The normalized spacial score (nSPS) is 13.6. The van der Waals surface area contributed by atoms with Crippen molar-refractivity contribution in [3.05, 3.63) is 101 Å². The van der Waals surface area contributed by atoms with Crippen LogP contribution in [0, 0.1) is 0 Å². The molecule has 8 heteroatoms. The number of hydrogen-bond acceptors (Lipinski definition) is 4. The first kappa shape index (κ1) is 28.5. The van der Waals surface area contributed by atoms with E-state index in [1.165, 1.54) is 6.08 Å². The second-order valence-corrected chi connectivity index (χ2v) is 11.9. The van der Waals surface area contributed by atoms with Gasteiger partial charge in [-0.15, -0.1) is 0 Å². The van der Waals surface area contributed by atoms with Crippen LogP contribution in [0.25, 0.3) is 0 Å². The predicted octanol–water partition coefficient (Wildman–Crippen LogP) is 7.58. The maximum absolute atomic E-state index is 11.2. The molecule has 4 N–H and O–H groups in total. The lowest BCUT2D eigenvalue weighted by molar-refractivity contribution is 0.305. The maximum atomic E-state index is 11.2. The molecule has 1 atom stereocenters. The van der Waals surface area contributed by atoms with Crippen LogP contribution in [0.1, 0.15) is 43.7 Å². The zero-order chi connectivity index (χ0) is 26.0. The summed E-state index contributed by atoms with van der Waals surface area (Å²) in [7, 11) is -4.23. The van der Waals surface area contributed by atoms with E-state index in [0.717, 1.165) is 51.7 Å². The molecule has 0 amide bonds. The average molecular weight is 546 g/mol. The van der Waals surface area contributed by atoms with Gasteiger partial charge < -0.3 is 20.3 Å². The Morgan fingerprint density at radius 2 is 1.78 bits per heavy atom. The summed E-state index contributed by atoms with van der Waals surface area (Å²) in [6, 6.07) is 24.1. The highest BCUT2D eigenvalue weighted by molar-refractivity contribution is 7.99. The summed E-state index contributed by atoms with van der Waals surface area (Å²) >= 11 is 8.21. The van der Waals surface area contributed by atoms with Crippen molar-refractivity contribution in [2.75, 3.05) is 0 Å². The van der Waals surface area contributed by atoms with E-state index >= 15 is 0 Å². The topological polar surface area (TPSA) is 92.8 Å². The number of halogens is 1. The van der Waals surface area contributed by atoms with Crippen molar-refractivity contribution in [2.45, 2.75) is 61.0 Å². The summed E-state index contributed by atoms with van der Waals surface area (Å²) in [5.74, 6) is 1.74. The molecule has 192 valence electrons. The Bertz CT molecular complexity index is 1200. The van der Waals surface area contributed by atoms with Gasteiger partial charge in [-0.1, -0.05) is 85.2 Å². The summed E-state index contributed by atoms with van der Waals surface area (Å²) in [6.07, 6.45) is 5.05. The van der Waals surface area contributed by atoms with Crippen LogP contribution in [0.4, 0.5) is 0 Å². The average Bonchev–Trinajstić information content (AvgIpc) is 2.84. The number of ether oxygens (including phenoxy) is 1. The molecular formula is C28H33ClNO4PS. The van der Waals surface area contributed by atoms with Crippen LogP contribution in [-0.4, -0.2) is 15.3 Å². The fourth-order valence-electron chi connectivity index (χ4n) is 3.91. The quantitative estimate of drug-likeness (QED) is 0.192. The molecule has 0 saturated carbocycles. The third-order valence-electron chi connectivity index (χ3n) is 5.72. The Balaban J connectivity index is 1.57. The van der Waals surface area contributed by atoms with Crippen LogP contribution >= 0.6 is 31.0 Å². The number of benzene rings is 3. The molecular weight excluding hydrogens is 513 g/mol. The Hall–Kier alpha value is -2.05. The number of aryl methyl sites for hydroxylation is 1. The van der Waals surface area contributed by atoms with E-state index < -0.39 is 13.1 Å².